The highest BCUT2D eigenvalue weighted by atomic mass is 16.5. The first-order valence-corrected chi connectivity index (χ1v) is 15.2. The Bertz CT molecular complexity index is 1410. The van der Waals surface area contributed by atoms with Gasteiger partial charge in [0.1, 0.15) is 11.9 Å². The fourth-order valence-electron chi connectivity index (χ4n) is 5.95. The molecule has 1 saturated heterocycles. The number of fused-ring (bicyclic) bond motifs is 1. The van der Waals surface area contributed by atoms with Crippen molar-refractivity contribution < 1.29 is 14.3 Å². The molecule has 1 amide bonds. The molecule has 2 aromatic heterocycles. The van der Waals surface area contributed by atoms with Gasteiger partial charge in [-0.3, -0.25) is 9.59 Å². The highest BCUT2D eigenvalue weighted by Gasteiger charge is 2.28. The highest BCUT2D eigenvalue weighted by Crippen LogP contribution is 2.27. The van der Waals surface area contributed by atoms with Crippen LogP contribution in [0.15, 0.2) is 43.1 Å². The average molecular weight is 574 g/mol. The maximum Gasteiger partial charge on any atom is 0.322 e. The summed E-state index contributed by atoms with van der Waals surface area (Å²) in [5.74, 6) is 0.844. The number of likely N-dealkylation sites (tertiary alicyclic amines) is 1. The first-order valence-electron chi connectivity index (χ1n) is 15.2. The van der Waals surface area contributed by atoms with Crippen LogP contribution in [-0.2, 0) is 22.6 Å². The molecule has 0 radical (unpaired) electrons. The first kappa shape index (κ1) is 29.7. The van der Waals surface area contributed by atoms with Gasteiger partial charge in [-0.25, -0.2) is 0 Å². The van der Waals surface area contributed by atoms with Crippen molar-refractivity contribution in [3.8, 4) is 6.01 Å². The van der Waals surface area contributed by atoms with Crippen LogP contribution in [0.4, 0.5) is 5.95 Å². The zero-order valence-corrected chi connectivity index (χ0v) is 25.0. The third-order valence-electron chi connectivity index (χ3n) is 8.42. The summed E-state index contributed by atoms with van der Waals surface area (Å²) < 4.78 is 8.01. The van der Waals surface area contributed by atoms with Crippen LogP contribution < -0.4 is 15.4 Å². The van der Waals surface area contributed by atoms with Crippen molar-refractivity contribution in [2.45, 2.75) is 83.4 Å². The predicted molar refractivity (Wildman–Crippen MR) is 163 cm³/mol. The van der Waals surface area contributed by atoms with Crippen LogP contribution in [0.5, 0.6) is 6.01 Å². The highest BCUT2D eigenvalue weighted by molar-refractivity contribution is 5.87. The summed E-state index contributed by atoms with van der Waals surface area (Å²) in [5, 5.41) is 11.0. The Hall–Kier alpha value is -3.79. The molecule has 1 aliphatic carbocycles. The lowest BCUT2D eigenvalue weighted by Crippen LogP contribution is -2.39. The minimum atomic E-state index is -0.176. The molecule has 2 atom stereocenters. The zero-order valence-electron chi connectivity index (χ0n) is 25.0. The minimum Gasteiger partial charge on any atom is -0.460 e. The monoisotopic (exact) mass is 573 g/mol. The van der Waals surface area contributed by atoms with Gasteiger partial charge in [-0.05, 0) is 62.3 Å². The second-order valence-corrected chi connectivity index (χ2v) is 12.0. The summed E-state index contributed by atoms with van der Waals surface area (Å²) in [7, 11) is 2.13. The first-order chi connectivity index (χ1) is 20.3. The fourth-order valence-corrected chi connectivity index (χ4v) is 5.95. The second-order valence-electron chi connectivity index (χ2n) is 12.0. The van der Waals surface area contributed by atoms with Crippen molar-refractivity contribution in [1.82, 2.24) is 29.8 Å². The van der Waals surface area contributed by atoms with E-state index in [1.54, 1.807) is 4.52 Å². The molecule has 42 heavy (non-hydrogen) atoms. The summed E-state index contributed by atoms with van der Waals surface area (Å²) >= 11 is 0. The molecule has 1 aliphatic heterocycles. The van der Waals surface area contributed by atoms with E-state index in [1.807, 2.05) is 24.4 Å². The van der Waals surface area contributed by atoms with Gasteiger partial charge >= 0.3 is 6.01 Å². The van der Waals surface area contributed by atoms with Gasteiger partial charge in [-0.1, -0.05) is 51.1 Å². The number of ether oxygens (including phenoxy) is 1. The van der Waals surface area contributed by atoms with Gasteiger partial charge in [-0.15, -0.1) is 0 Å². The maximum absolute atomic E-state index is 13.2. The number of amides is 1. The molecule has 2 unspecified atom stereocenters. The summed E-state index contributed by atoms with van der Waals surface area (Å²) in [5.41, 5.74) is 3.82. The molecule has 2 fully saturated rings. The Kier molecular flexibility index (Phi) is 9.51. The Morgan fingerprint density at radius 3 is 2.69 bits per heavy atom. The van der Waals surface area contributed by atoms with E-state index < -0.39 is 0 Å². The van der Waals surface area contributed by atoms with Crippen molar-refractivity contribution in [2.75, 3.05) is 25.5 Å². The number of nitrogens with one attached hydrogen (secondary N) is 2. The molecule has 224 valence electrons. The van der Waals surface area contributed by atoms with Crippen molar-refractivity contribution in [2.24, 2.45) is 5.92 Å². The number of carbonyl (C=O) groups is 2. The Morgan fingerprint density at radius 2 is 1.93 bits per heavy atom. The number of carbonyl (C=O) groups excluding carboxylic acids is 2. The van der Waals surface area contributed by atoms with Gasteiger partial charge in [0, 0.05) is 43.6 Å². The van der Waals surface area contributed by atoms with Crippen LogP contribution >= 0.6 is 0 Å². The topological polar surface area (TPSA) is 114 Å². The lowest BCUT2D eigenvalue weighted by atomic mass is 9.81. The quantitative estimate of drug-likeness (QED) is 0.327. The van der Waals surface area contributed by atoms with Gasteiger partial charge in [0.05, 0.1) is 6.20 Å². The molecule has 10 heteroatoms. The third kappa shape index (κ3) is 7.34. The van der Waals surface area contributed by atoms with Crippen LogP contribution in [0, 0.1) is 5.92 Å². The number of anilines is 1. The summed E-state index contributed by atoms with van der Waals surface area (Å²) in [6, 6.07) is 8.51. The lowest BCUT2D eigenvalue weighted by molar-refractivity contribution is -0.124. The second kappa shape index (κ2) is 13.5. The molecule has 0 bridgehead atoms. The number of ketones is 1. The molecule has 5 rings (SSSR count). The van der Waals surface area contributed by atoms with E-state index in [0.717, 1.165) is 67.5 Å². The van der Waals surface area contributed by atoms with E-state index in [0.29, 0.717) is 31.3 Å². The van der Waals surface area contributed by atoms with Gasteiger partial charge < -0.3 is 20.3 Å². The van der Waals surface area contributed by atoms with Crippen molar-refractivity contribution >= 4 is 23.3 Å². The smallest absolute Gasteiger partial charge is 0.322 e. The summed E-state index contributed by atoms with van der Waals surface area (Å²) in [6.45, 7) is 10.3. The molecule has 10 nitrogen and oxygen atoms in total. The van der Waals surface area contributed by atoms with E-state index >= 15 is 0 Å². The standard InChI is InChI=1S/C32H43N7O3/c1-5-29(41)35-25-11-7-10-24(18-25)28(40)17-22-8-6-9-23(16-22)19-33-31-37-32(42-26-12-14-38(4)15-13-26)36-30-27(21(2)3)20-34-39(30)31/h5-6,8-9,16,20-21,24-26H,1,7,10-15,17-19H2,2-4H3,(H,35,41)(H,33,36,37). The van der Waals surface area contributed by atoms with Gasteiger partial charge in [0.2, 0.25) is 11.9 Å². The van der Waals surface area contributed by atoms with E-state index in [2.05, 4.69) is 54.2 Å². The summed E-state index contributed by atoms with van der Waals surface area (Å²) in [6.07, 6.45) is 8.90. The molecule has 1 saturated carbocycles. The Balaban J connectivity index is 1.26. The van der Waals surface area contributed by atoms with E-state index in [1.165, 1.54) is 6.08 Å². The zero-order chi connectivity index (χ0) is 29.6. The molecule has 3 heterocycles. The van der Waals surface area contributed by atoms with Crippen LogP contribution in [-0.4, -0.2) is 68.5 Å². The number of aromatic nitrogens is 4. The van der Waals surface area contributed by atoms with Crippen molar-refractivity contribution in [1.29, 1.82) is 0 Å². The largest absolute Gasteiger partial charge is 0.460 e. The average Bonchev–Trinajstić information content (AvgIpc) is 3.42. The van der Waals surface area contributed by atoms with Gasteiger partial charge in [-0.2, -0.15) is 19.6 Å². The minimum absolute atomic E-state index is 0.0327. The number of hydrogen-bond donors (Lipinski definition) is 2. The van der Waals surface area contributed by atoms with E-state index in [9.17, 15) is 9.59 Å². The molecule has 2 aliphatic rings. The van der Waals surface area contributed by atoms with Crippen LogP contribution in [0.3, 0.4) is 0 Å². The molecule has 0 spiro atoms. The van der Waals surface area contributed by atoms with E-state index in [-0.39, 0.29) is 35.7 Å². The van der Waals surface area contributed by atoms with Gasteiger partial charge in [0.25, 0.3) is 0 Å². The molecule has 3 aromatic rings. The normalized spacial score (nSPS) is 20.0. The van der Waals surface area contributed by atoms with Crippen LogP contribution in [0.1, 0.15) is 75.0 Å². The van der Waals surface area contributed by atoms with Crippen molar-refractivity contribution in [3.05, 3.63) is 59.8 Å². The molecule has 2 N–H and O–H groups in total. The third-order valence-corrected chi connectivity index (χ3v) is 8.42. The van der Waals surface area contributed by atoms with Gasteiger partial charge in [0.15, 0.2) is 5.65 Å². The van der Waals surface area contributed by atoms with Crippen LogP contribution in [0.2, 0.25) is 0 Å². The number of hydrogen-bond acceptors (Lipinski definition) is 8. The maximum atomic E-state index is 13.2. The SMILES string of the molecule is C=CC(=O)NC1CCCC(C(=O)Cc2cccc(CNc3nc(OC4CCN(C)CC4)nc4c(C(C)C)cnn34)c2)C1. The number of piperidine rings is 1. The predicted octanol–water partition coefficient (Wildman–Crippen LogP) is 4.31. The Morgan fingerprint density at radius 1 is 1.14 bits per heavy atom. The lowest BCUT2D eigenvalue weighted by Gasteiger charge is -2.28. The fraction of sp³-hybridized carbons (Fsp3) is 0.531. The number of Topliss-reactive ketones (excluding diaryl/α,β-unsaturated/α-hetero) is 1. The molecular weight excluding hydrogens is 530 g/mol. The Labute approximate surface area is 247 Å². The van der Waals surface area contributed by atoms with Crippen LogP contribution in [0.25, 0.3) is 5.65 Å². The number of benzene rings is 1. The van der Waals surface area contributed by atoms with E-state index in [4.69, 9.17) is 14.7 Å². The summed E-state index contributed by atoms with van der Waals surface area (Å²) in [4.78, 5) is 36.7. The van der Waals surface area contributed by atoms with Crippen molar-refractivity contribution in [3.63, 3.8) is 0 Å². The molecular formula is C32H43N7O3. The number of rotatable bonds is 11. The number of nitrogens with zero attached hydrogens (tertiary/aromatic N) is 5. The molecule has 1 aromatic carbocycles.